The van der Waals surface area contributed by atoms with Crippen molar-refractivity contribution in [3.63, 3.8) is 0 Å². The van der Waals surface area contributed by atoms with Crippen molar-refractivity contribution in [2.24, 2.45) is 0 Å². The Labute approximate surface area is 187 Å². The van der Waals surface area contributed by atoms with Gasteiger partial charge in [-0.25, -0.2) is 0 Å². The van der Waals surface area contributed by atoms with Crippen LogP contribution in [0.4, 0.5) is 5.69 Å². The van der Waals surface area contributed by atoms with Gasteiger partial charge < -0.3 is 20.1 Å². The Morgan fingerprint density at radius 1 is 1.00 bits per heavy atom. The van der Waals surface area contributed by atoms with E-state index in [1.807, 2.05) is 47.4 Å². The molecule has 7 heteroatoms. The zero-order chi connectivity index (χ0) is 21.9. The molecule has 3 aromatic rings. The minimum Gasteiger partial charge on any atom is -0.355 e. The van der Waals surface area contributed by atoms with Crippen LogP contribution in [0.2, 0.25) is 0 Å². The van der Waals surface area contributed by atoms with Gasteiger partial charge in [0.05, 0.1) is 12.2 Å². The number of carbonyl (C=O) groups excluding carboxylic acids is 2. The number of nitrogens with one attached hydrogen (secondary N) is 2. The fourth-order valence-electron chi connectivity index (χ4n) is 5.65. The lowest BCUT2D eigenvalue weighted by molar-refractivity contribution is -0.145. The summed E-state index contributed by atoms with van der Waals surface area (Å²) >= 11 is 0. The van der Waals surface area contributed by atoms with Crippen LogP contribution in [0.15, 0.2) is 48.5 Å². The molecule has 4 heterocycles. The van der Waals surface area contributed by atoms with Gasteiger partial charge in [-0.05, 0) is 31.2 Å². The maximum Gasteiger partial charge on any atom is 0.261 e. The lowest BCUT2D eigenvalue weighted by Gasteiger charge is -2.44. The minimum atomic E-state index is -1.16. The molecule has 1 spiro atoms. The molecule has 3 aliphatic rings. The molecule has 6 rings (SSSR count). The molecule has 2 N–H and O–H groups in total. The molecule has 3 aliphatic heterocycles. The fourth-order valence-corrected chi connectivity index (χ4v) is 5.65. The van der Waals surface area contributed by atoms with E-state index in [2.05, 4.69) is 33.2 Å². The standard InChI is InChI=1S/C25H27N5O2/c1-28-12-14-29(15-13-28)16-22(31)30-11-10-18-17-6-2-4-8-20(17)26-23(18)25(30)19-7-3-5-9-21(19)27-24(25)32/h2-9,26H,10-16H2,1H3,(H,27,32). The van der Waals surface area contributed by atoms with Crippen LogP contribution < -0.4 is 5.32 Å². The molecule has 32 heavy (non-hydrogen) atoms. The molecule has 1 aromatic heterocycles. The smallest absolute Gasteiger partial charge is 0.261 e. The lowest BCUT2D eigenvalue weighted by Crippen LogP contribution is -2.60. The second kappa shape index (κ2) is 7.18. The molecule has 2 aromatic carbocycles. The molecule has 0 bridgehead atoms. The molecule has 1 fully saturated rings. The third-order valence-electron chi connectivity index (χ3n) is 7.32. The first kappa shape index (κ1) is 19.5. The number of rotatable bonds is 2. The normalized spacial score (nSPS) is 23.4. The van der Waals surface area contributed by atoms with Crippen molar-refractivity contribution in [3.05, 3.63) is 65.4 Å². The largest absolute Gasteiger partial charge is 0.355 e. The Morgan fingerprint density at radius 3 is 2.59 bits per heavy atom. The van der Waals surface area contributed by atoms with E-state index in [1.54, 1.807) is 0 Å². The summed E-state index contributed by atoms with van der Waals surface area (Å²) in [4.78, 5) is 37.4. The summed E-state index contributed by atoms with van der Waals surface area (Å²) in [5.74, 6) is -0.149. The SMILES string of the molecule is CN1CCN(CC(=O)N2CCc3c([nH]c4ccccc34)C23C(=O)Nc2ccccc23)CC1. The van der Waals surface area contributed by atoms with Gasteiger partial charge in [-0.3, -0.25) is 14.5 Å². The van der Waals surface area contributed by atoms with Gasteiger partial charge in [0.1, 0.15) is 0 Å². The third kappa shape index (κ3) is 2.68. The monoisotopic (exact) mass is 429 g/mol. The average Bonchev–Trinajstić information content (AvgIpc) is 3.32. The molecule has 1 saturated heterocycles. The summed E-state index contributed by atoms with van der Waals surface area (Å²) in [5.41, 5.74) is 3.44. The Balaban J connectivity index is 1.48. The highest BCUT2D eigenvalue weighted by atomic mass is 16.2. The van der Waals surface area contributed by atoms with Crippen LogP contribution in [0.5, 0.6) is 0 Å². The van der Waals surface area contributed by atoms with Gasteiger partial charge in [0.2, 0.25) is 5.91 Å². The van der Waals surface area contributed by atoms with E-state index >= 15 is 0 Å². The highest BCUT2D eigenvalue weighted by Crippen LogP contribution is 2.49. The average molecular weight is 430 g/mol. The van der Waals surface area contributed by atoms with Crippen molar-refractivity contribution < 1.29 is 9.59 Å². The summed E-state index contributed by atoms with van der Waals surface area (Å²) in [7, 11) is 2.11. The van der Waals surface area contributed by atoms with Crippen LogP contribution in [0.1, 0.15) is 16.8 Å². The quantitative estimate of drug-likeness (QED) is 0.654. The van der Waals surface area contributed by atoms with Crippen molar-refractivity contribution in [1.82, 2.24) is 19.7 Å². The lowest BCUT2D eigenvalue weighted by atomic mass is 9.79. The first-order valence-corrected chi connectivity index (χ1v) is 11.3. The number of fused-ring (bicyclic) bond motifs is 6. The molecular weight excluding hydrogens is 402 g/mol. The van der Waals surface area contributed by atoms with Crippen molar-refractivity contribution in [1.29, 1.82) is 0 Å². The maximum absolute atomic E-state index is 13.8. The van der Waals surface area contributed by atoms with E-state index in [1.165, 1.54) is 0 Å². The summed E-state index contributed by atoms with van der Waals surface area (Å²) < 4.78 is 0. The molecular formula is C25H27N5O2. The van der Waals surface area contributed by atoms with Crippen LogP contribution >= 0.6 is 0 Å². The van der Waals surface area contributed by atoms with E-state index < -0.39 is 5.54 Å². The van der Waals surface area contributed by atoms with Gasteiger partial charge in [0.15, 0.2) is 5.54 Å². The third-order valence-corrected chi connectivity index (χ3v) is 7.32. The first-order valence-electron chi connectivity index (χ1n) is 11.3. The Kier molecular flexibility index (Phi) is 4.38. The van der Waals surface area contributed by atoms with Crippen molar-refractivity contribution in [3.8, 4) is 0 Å². The number of anilines is 1. The van der Waals surface area contributed by atoms with Crippen LogP contribution in [0.25, 0.3) is 10.9 Å². The van der Waals surface area contributed by atoms with Gasteiger partial charge in [-0.2, -0.15) is 0 Å². The van der Waals surface area contributed by atoms with E-state index in [0.29, 0.717) is 13.1 Å². The highest BCUT2D eigenvalue weighted by Gasteiger charge is 2.58. The fraction of sp³-hybridized carbons (Fsp3) is 0.360. The number of para-hydroxylation sites is 2. The number of amides is 2. The summed E-state index contributed by atoms with van der Waals surface area (Å²) in [6.07, 6.45) is 0.727. The number of carbonyl (C=O) groups is 2. The predicted octanol–water partition coefficient (Wildman–Crippen LogP) is 2.00. The number of likely N-dealkylation sites (N-methyl/N-ethyl adjacent to an activating group) is 1. The molecule has 1 atom stereocenters. The molecule has 7 nitrogen and oxygen atoms in total. The summed E-state index contributed by atoms with van der Waals surface area (Å²) in [5, 5.41) is 4.19. The number of H-pyrrole nitrogens is 1. The topological polar surface area (TPSA) is 71.7 Å². The van der Waals surface area contributed by atoms with Crippen molar-refractivity contribution in [2.75, 3.05) is 51.6 Å². The van der Waals surface area contributed by atoms with E-state index in [9.17, 15) is 9.59 Å². The Bertz CT molecular complexity index is 1230. The number of benzene rings is 2. The van der Waals surface area contributed by atoms with E-state index in [-0.39, 0.29) is 11.8 Å². The van der Waals surface area contributed by atoms with E-state index in [0.717, 1.165) is 66.0 Å². The zero-order valence-electron chi connectivity index (χ0n) is 18.2. The second-order valence-corrected chi connectivity index (χ2v) is 9.11. The van der Waals surface area contributed by atoms with Gasteiger partial charge in [0, 0.05) is 54.9 Å². The van der Waals surface area contributed by atoms with Crippen LogP contribution in [0, 0.1) is 0 Å². The molecule has 164 valence electrons. The zero-order valence-corrected chi connectivity index (χ0v) is 18.2. The van der Waals surface area contributed by atoms with Gasteiger partial charge in [0.25, 0.3) is 5.91 Å². The van der Waals surface area contributed by atoms with Crippen LogP contribution in [-0.4, -0.2) is 77.8 Å². The van der Waals surface area contributed by atoms with Crippen molar-refractivity contribution >= 4 is 28.4 Å². The van der Waals surface area contributed by atoms with Gasteiger partial charge in [-0.1, -0.05) is 36.4 Å². The number of hydrogen-bond donors (Lipinski definition) is 2. The molecule has 0 aliphatic carbocycles. The number of aromatic nitrogens is 1. The first-order chi connectivity index (χ1) is 15.6. The Hall–Kier alpha value is -3.16. The predicted molar refractivity (Wildman–Crippen MR) is 124 cm³/mol. The van der Waals surface area contributed by atoms with Gasteiger partial charge >= 0.3 is 0 Å². The number of piperazine rings is 1. The molecule has 0 radical (unpaired) electrons. The van der Waals surface area contributed by atoms with Crippen molar-refractivity contribution in [2.45, 2.75) is 12.0 Å². The van der Waals surface area contributed by atoms with E-state index in [4.69, 9.17) is 0 Å². The van der Waals surface area contributed by atoms with Crippen LogP contribution in [0.3, 0.4) is 0 Å². The molecule has 0 saturated carbocycles. The number of hydrogen-bond acceptors (Lipinski definition) is 4. The highest BCUT2D eigenvalue weighted by molar-refractivity contribution is 6.11. The van der Waals surface area contributed by atoms with Gasteiger partial charge in [-0.15, -0.1) is 0 Å². The molecule has 1 unspecified atom stereocenters. The van der Waals surface area contributed by atoms with Crippen LogP contribution in [-0.2, 0) is 21.5 Å². The summed E-state index contributed by atoms with van der Waals surface area (Å²) in [6.45, 7) is 4.48. The number of aromatic amines is 1. The Morgan fingerprint density at radius 2 is 1.75 bits per heavy atom. The number of nitrogens with zero attached hydrogens (tertiary/aromatic N) is 3. The minimum absolute atomic E-state index is 0.00529. The molecule has 2 amide bonds. The second-order valence-electron chi connectivity index (χ2n) is 9.11. The maximum atomic E-state index is 13.8. The summed E-state index contributed by atoms with van der Waals surface area (Å²) in [6, 6.07) is 15.9.